The number of amides is 1. The topological polar surface area (TPSA) is 92.3 Å². The van der Waals surface area contributed by atoms with Gasteiger partial charge in [0.1, 0.15) is 5.01 Å². The molecule has 1 aromatic carbocycles. The Morgan fingerprint density at radius 3 is 2.58 bits per heavy atom. The second-order valence-corrected chi connectivity index (χ2v) is 10.2. The number of benzene rings is 1. The van der Waals surface area contributed by atoms with Crippen LogP contribution in [0.15, 0.2) is 59.1 Å². The van der Waals surface area contributed by atoms with Crippen LogP contribution < -0.4 is 5.32 Å². The minimum absolute atomic E-state index is 0.131. The van der Waals surface area contributed by atoms with Gasteiger partial charge in [-0.1, -0.05) is 18.6 Å². The highest BCUT2D eigenvalue weighted by Gasteiger charge is 2.25. The average Bonchev–Trinajstić information content (AvgIpc) is 3.27. The molecule has 0 radical (unpaired) electrons. The summed E-state index contributed by atoms with van der Waals surface area (Å²) in [6.45, 7) is 1.50. The first-order valence-electron chi connectivity index (χ1n) is 10.2. The number of hydrogen-bond donors (Lipinski definition) is 1. The number of carbonyl (C=O) groups excluding carboxylic acids is 1. The van der Waals surface area contributed by atoms with Crippen LogP contribution in [-0.4, -0.2) is 41.7 Å². The summed E-state index contributed by atoms with van der Waals surface area (Å²) in [6.07, 6.45) is 6.55. The summed E-state index contributed by atoms with van der Waals surface area (Å²) in [6, 6.07) is 10.5. The fraction of sp³-hybridized carbons (Fsp3) is 0.318. The SMILES string of the molecule is O=C(Cc1csc(-c2cccnc2)n1)NCc1ccc(S(=O)(=O)N2CCCCC2)cc1. The smallest absolute Gasteiger partial charge is 0.243 e. The number of nitrogens with one attached hydrogen (secondary N) is 1. The third kappa shape index (κ3) is 5.36. The van der Waals surface area contributed by atoms with Gasteiger partial charge in [0.25, 0.3) is 0 Å². The Morgan fingerprint density at radius 1 is 1.10 bits per heavy atom. The quantitative estimate of drug-likeness (QED) is 0.589. The number of carbonyl (C=O) groups is 1. The van der Waals surface area contributed by atoms with Crippen molar-refractivity contribution < 1.29 is 13.2 Å². The van der Waals surface area contributed by atoms with E-state index in [9.17, 15) is 13.2 Å². The third-order valence-electron chi connectivity index (χ3n) is 5.17. The lowest BCUT2D eigenvalue weighted by molar-refractivity contribution is -0.120. The molecule has 3 aromatic rings. The van der Waals surface area contributed by atoms with Crippen molar-refractivity contribution in [1.29, 1.82) is 0 Å². The molecule has 1 saturated heterocycles. The zero-order valence-corrected chi connectivity index (χ0v) is 18.7. The molecule has 3 heterocycles. The summed E-state index contributed by atoms with van der Waals surface area (Å²) in [7, 11) is -3.44. The van der Waals surface area contributed by atoms with Crippen LogP contribution >= 0.6 is 11.3 Å². The van der Waals surface area contributed by atoms with Crippen molar-refractivity contribution in [2.45, 2.75) is 37.1 Å². The first kappa shape index (κ1) is 21.6. The maximum Gasteiger partial charge on any atom is 0.243 e. The fourth-order valence-corrected chi connectivity index (χ4v) is 5.80. The van der Waals surface area contributed by atoms with Crippen molar-refractivity contribution >= 4 is 27.3 Å². The number of hydrogen-bond acceptors (Lipinski definition) is 6. The Kier molecular flexibility index (Phi) is 6.74. The van der Waals surface area contributed by atoms with Crippen LogP contribution in [0.4, 0.5) is 0 Å². The summed E-state index contributed by atoms with van der Waals surface area (Å²) in [5, 5.41) is 5.58. The van der Waals surface area contributed by atoms with Gasteiger partial charge < -0.3 is 5.32 Å². The lowest BCUT2D eigenvalue weighted by Gasteiger charge is -2.25. The van der Waals surface area contributed by atoms with Crippen LogP contribution in [0.2, 0.25) is 0 Å². The molecule has 1 aliphatic rings. The number of piperidine rings is 1. The summed E-state index contributed by atoms with van der Waals surface area (Å²) in [5.74, 6) is -0.131. The van der Waals surface area contributed by atoms with E-state index in [1.165, 1.54) is 11.3 Å². The molecule has 0 unspecified atom stereocenters. The zero-order valence-electron chi connectivity index (χ0n) is 17.0. The van der Waals surface area contributed by atoms with E-state index >= 15 is 0 Å². The van der Waals surface area contributed by atoms with Crippen LogP contribution in [0.1, 0.15) is 30.5 Å². The van der Waals surface area contributed by atoms with E-state index in [0.29, 0.717) is 30.2 Å². The Morgan fingerprint density at radius 2 is 1.87 bits per heavy atom. The van der Waals surface area contributed by atoms with Crippen LogP contribution in [0.5, 0.6) is 0 Å². The van der Waals surface area contributed by atoms with Gasteiger partial charge in [-0.2, -0.15) is 4.31 Å². The minimum atomic E-state index is -3.44. The predicted octanol–water partition coefficient (Wildman–Crippen LogP) is 3.24. The lowest BCUT2D eigenvalue weighted by atomic mass is 10.2. The molecule has 1 N–H and O–H groups in total. The van der Waals surface area contributed by atoms with Crippen molar-refractivity contribution in [1.82, 2.24) is 19.6 Å². The van der Waals surface area contributed by atoms with Gasteiger partial charge in [0, 0.05) is 43.0 Å². The molecule has 2 aromatic heterocycles. The largest absolute Gasteiger partial charge is 0.352 e. The van der Waals surface area contributed by atoms with Crippen LogP contribution in [0.25, 0.3) is 10.6 Å². The molecule has 1 amide bonds. The Hall–Kier alpha value is -2.62. The summed E-state index contributed by atoms with van der Waals surface area (Å²) >= 11 is 1.48. The lowest BCUT2D eigenvalue weighted by Crippen LogP contribution is -2.35. The molecule has 4 rings (SSSR count). The molecule has 0 bridgehead atoms. The van der Waals surface area contributed by atoms with E-state index < -0.39 is 10.0 Å². The molecule has 1 aliphatic heterocycles. The normalized spacial score (nSPS) is 15.0. The van der Waals surface area contributed by atoms with Gasteiger partial charge in [0.2, 0.25) is 15.9 Å². The van der Waals surface area contributed by atoms with Crippen LogP contribution in [0, 0.1) is 0 Å². The van der Waals surface area contributed by atoms with Crippen molar-refractivity contribution in [3.8, 4) is 10.6 Å². The molecule has 9 heteroatoms. The molecule has 7 nitrogen and oxygen atoms in total. The van der Waals surface area contributed by atoms with Crippen molar-refractivity contribution in [2.24, 2.45) is 0 Å². The van der Waals surface area contributed by atoms with E-state index in [4.69, 9.17) is 0 Å². The fourth-order valence-electron chi connectivity index (χ4n) is 3.47. The summed E-state index contributed by atoms with van der Waals surface area (Å²) < 4.78 is 27.0. The molecule has 31 heavy (non-hydrogen) atoms. The van der Waals surface area contributed by atoms with Gasteiger partial charge in [-0.25, -0.2) is 13.4 Å². The maximum atomic E-state index is 12.7. The summed E-state index contributed by atoms with van der Waals surface area (Å²) in [4.78, 5) is 21.2. The number of pyridine rings is 1. The Labute approximate surface area is 186 Å². The van der Waals surface area contributed by atoms with Gasteiger partial charge in [-0.3, -0.25) is 9.78 Å². The van der Waals surface area contributed by atoms with Crippen molar-refractivity contribution in [3.63, 3.8) is 0 Å². The average molecular weight is 457 g/mol. The first-order valence-corrected chi connectivity index (χ1v) is 12.5. The number of rotatable bonds is 7. The number of aromatic nitrogens is 2. The molecule has 0 saturated carbocycles. The van der Waals surface area contributed by atoms with Crippen LogP contribution in [-0.2, 0) is 27.8 Å². The maximum absolute atomic E-state index is 12.7. The van der Waals surface area contributed by atoms with E-state index in [0.717, 1.165) is 35.4 Å². The highest BCUT2D eigenvalue weighted by Crippen LogP contribution is 2.23. The van der Waals surface area contributed by atoms with Gasteiger partial charge in [0.15, 0.2) is 0 Å². The van der Waals surface area contributed by atoms with Crippen molar-refractivity contribution in [2.75, 3.05) is 13.1 Å². The monoisotopic (exact) mass is 456 g/mol. The summed E-state index contributed by atoms with van der Waals surface area (Å²) in [5.41, 5.74) is 2.49. The van der Waals surface area contributed by atoms with E-state index in [1.54, 1.807) is 41.0 Å². The van der Waals surface area contributed by atoms with Gasteiger partial charge in [-0.15, -0.1) is 11.3 Å². The molecule has 0 atom stereocenters. The molecule has 0 spiro atoms. The highest BCUT2D eigenvalue weighted by molar-refractivity contribution is 7.89. The molecule has 1 fully saturated rings. The van der Waals surface area contributed by atoms with Crippen molar-refractivity contribution in [3.05, 3.63) is 65.4 Å². The second kappa shape index (κ2) is 9.67. The Bertz CT molecular complexity index is 1120. The van der Waals surface area contributed by atoms with Gasteiger partial charge in [-0.05, 0) is 42.7 Å². The van der Waals surface area contributed by atoms with Gasteiger partial charge >= 0.3 is 0 Å². The Balaban J connectivity index is 1.31. The molecule has 162 valence electrons. The van der Waals surface area contributed by atoms with Gasteiger partial charge in [0.05, 0.1) is 17.0 Å². The number of nitrogens with zero attached hydrogens (tertiary/aromatic N) is 3. The highest BCUT2D eigenvalue weighted by atomic mass is 32.2. The predicted molar refractivity (Wildman–Crippen MR) is 120 cm³/mol. The number of thiazole rings is 1. The molecular weight excluding hydrogens is 432 g/mol. The van der Waals surface area contributed by atoms with E-state index in [-0.39, 0.29) is 12.3 Å². The minimum Gasteiger partial charge on any atom is -0.352 e. The standard InChI is InChI=1S/C22H24N4O3S2/c27-21(13-19-16-30-22(25-19)18-5-4-10-23-15-18)24-14-17-6-8-20(9-7-17)31(28,29)26-11-2-1-3-12-26/h4-10,15-16H,1-3,11-14H2,(H,24,27). The molecular formula is C22H24N4O3S2. The molecule has 0 aliphatic carbocycles. The van der Waals surface area contributed by atoms with E-state index in [2.05, 4.69) is 15.3 Å². The zero-order chi connectivity index (χ0) is 21.7. The van der Waals surface area contributed by atoms with Crippen LogP contribution in [0.3, 0.4) is 0 Å². The number of sulfonamides is 1. The second-order valence-electron chi connectivity index (χ2n) is 7.45. The third-order valence-corrected chi connectivity index (χ3v) is 8.02. The van der Waals surface area contributed by atoms with E-state index in [1.807, 2.05) is 17.5 Å². The first-order chi connectivity index (χ1) is 15.0.